The van der Waals surface area contributed by atoms with Crippen LogP contribution in [0.2, 0.25) is 0 Å². The second-order valence-electron chi connectivity index (χ2n) is 8.96. The van der Waals surface area contributed by atoms with Gasteiger partial charge in [-0.25, -0.2) is 0 Å². The number of hydrogen-bond donors (Lipinski definition) is 1. The van der Waals surface area contributed by atoms with Crippen molar-refractivity contribution >= 4 is 17.3 Å². The Kier molecular flexibility index (Phi) is 8.73. The van der Waals surface area contributed by atoms with Crippen LogP contribution in [0.4, 0.5) is 49.6 Å². The highest BCUT2D eigenvalue weighted by Gasteiger charge is 2.44. The number of carbonyl (C=O) groups excluding carboxylic acids is 1. The van der Waals surface area contributed by atoms with E-state index in [1.165, 1.54) is 17.1 Å². The second-order valence-corrected chi connectivity index (χ2v) is 8.96. The minimum absolute atomic E-state index is 0.0683. The molecule has 0 spiro atoms. The van der Waals surface area contributed by atoms with Crippen LogP contribution in [-0.2, 0) is 11.0 Å². The molecule has 7 nitrogen and oxygen atoms in total. The number of alkyl halides is 10. The number of nitrogens with zero attached hydrogens (tertiary/aromatic N) is 3. The van der Waals surface area contributed by atoms with Crippen LogP contribution < -0.4 is 14.8 Å². The van der Waals surface area contributed by atoms with Gasteiger partial charge in [0.25, 0.3) is 0 Å². The predicted molar refractivity (Wildman–Crippen MR) is 130 cm³/mol. The van der Waals surface area contributed by atoms with Gasteiger partial charge in [-0.15, -0.1) is 13.2 Å². The van der Waals surface area contributed by atoms with E-state index in [9.17, 15) is 48.7 Å². The first-order valence-corrected chi connectivity index (χ1v) is 12.0. The second kappa shape index (κ2) is 12.0. The Bertz CT molecular complexity index is 1440. The molecule has 17 heteroatoms. The van der Waals surface area contributed by atoms with Gasteiger partial charge in [0.05, 0.1) is 29.4 Å². The van der Waals surface area contributed by atoms with Gasteiger partial charge in [-0.2, -0.15) is 35.8 Å². The number of nitrogens with one attached hydrogen (secondary N) is 1. The summed E-state index contributed by atoms with van der Waals surface area (Å²) in [6.07, 6.45) is -17.8. The molecule has 0 saturated carbocycles. The maximum absolute atomic E-state index is 13.3. The quantitative estimate of drug-likeness (QED) is 0.269. The molecule has 0 saturated heterocycles. The summed E-state index contributed by atoms with van der Waals surface area (Å²) in [5, 5.41) is 8.02. The average molecular weight is 624 g/mol. The Hall–Kier alpha value is -4.57. The van der Waals surface area contributed by atoms with Crippen LogP contribution in [0.3, 0.4) is 0 Å². The van der Waals surface area contributed by atoms with Crippen LogP contribution in [0.1, 0.15) is 22.7 Å². The van der Waals surface area contributed by atoms with Gasteiger partial charge in [0.15, 0.2) is 0 Å². The maximum atomic E-state index is 13.3. The monoisotopic (exact) mass is 624 g/mol. The van der Waals surface area contributed by atoms with E-state index in [-0.39, 0.29) is 29.2 Å². The fourth-order valence-corrected chi connectivity index (χ4v) is 3.93. The summed E-state index contributed by atoms with van der Waals surface area (Å²) in [6.45, 7) is -0.482. The SMILES string of the molecule is O=C(CN1CC(c2ccc(C(F)(F)F)cn2)C(c2ccc(OC(F)(F)C(F)F)cc2)=N1)Nc1ccc(OC(F)(F)F)cc1. The summed E-state index contributed by atoms with van der Waals surface area (Å²) in [6, 6.07) is 10.5. The maximum Gasteiger partial charge on any atom is 0.573 e. The number of rotatable bonds is 9. The lowest BCUT2D eigenvalue weighted by Gasteiger charge is -2.17. The Morgan fingerprint density at radius 2 is 1.49 bits per heavy atom. The Labute approximate surface area is 235 Å². The van der Waals surface area contributed by atoms with Gasteiger partial charge in [0, 0.05) is 11.9 Å². The number of pyridine rings is 1. The zero-order chi connectivity index (χ0) is 31.6. The molecule has 43 heavy (non-hydrogen) atoms. The van der Waals surface area contributed by atoms with E-state index in [0.29, 0.717) is 6.20 Å². The van der Waals surface area contributed by atoms with Crippen molar-refractivity contribution in [2.45, 2.75) is 31.0 Å². The summed E-state index contributed by atoms with van der Waals surface area (Å²) in [5.41, 5.74) is -0.361. The minimum atomic E-state index is -4.90. The topological polar surface area (TPSA) is 76.1 Å². The molecular formula is C26H18F10N4O3. The molecular weight excluding hydrogens is 606 g/mol. The Morgan fingerprint density at radius 1 is 0.884 bits per heavy atom. The van der Waals surface area contributed by atoms with Crippen LogP contribution >= 0.6 is 0 Å². The van der Waals surface area contributed by atoms with E-state index < -0.39 is 60.5 Å². The van der Waals surface area contributed by atoms with Gasteiger partial charge in [0.1, 0.15) is 18.0 Å². The van der Waals surface area contributed by atoms with E-state index >= 15 is 0 Å². The molecule has 1 unspecified atom stereocenters. The minimum Gasteiger partial charge on any atom is -0.428 e. The molecule has 0 bridgehead atoms. The van der Waals surface area contributed by atoms with Crippen LogP contribution in [0.5, 0.6) is 11.5 Å². The van der Waals surface area contributed by atoms with Crippen molar-refractivity contribution in [3.05, 3.63) is 83.7 Å². The Balaban J connectivity index is 1.53. The van der Waals surface area contributed by atoms with Gasteiger partial charge >= 0.3 is 25.1 Å². The zero-order valence-corrected chi connectivity index (χ0v) is 21.3. The van der Waals surface area contributed by atoms with E-state index in [1.807, 2.05) is 0 Å². The van der Waals surface area contributed by atoms with Crippen molar-refractivity contribution in [1.82, 2.24) is 9.99 Å². The molecule has 230 valence electrons. The third-order valence-electron chi connectivity index (χ3n) is 5.80. The fourth-order valence-electron chi connectivity index (χ4n) is 3.93. The standard InChI is InChI=1S/C26H18F10N4O3/c27-23(28)25(32,33)42-17-6-1-14(2-7-17)22-19(20-10-3-15(11-37-20)24(29,30)31)12-40(39-22)13-21(41)38-16-4-8-18(9-5-16)43-26(34,35)36/h1-11,19,23H,12-13H2,(H,38,41). The summed E-state index contributed by atoms with van der Waals surface area (Å²) in [4.78, 5) is 16.5. The molecule has 2 heterocycles. The van der Waals surface area contributed by atoms with Crippen LogP contribution in [-0.4, -0.2) is 53.6 Å². The highest BCUT2D eigenvalue weighted by molar-refractivity contribution is 6.06. The third kappa shape index (κ3) is 8.26. The number of amides is 1. The lowest BCUT2D eigenvalue weighted by atomic mass is 9.93. The molecule has 1 amide bonds. The van der Waals surface area contributed by atoms with E-state index in [2.05, 4.69) is 24.9 Å². The number of benzene rings is 2. The van der Waals surface area contributed by atoms with Crippen molar-refractivity contribution in [2.75, 3.05) is 18.4 Å². The number of aromatic nitrogens is 1. The summed E-state index contributed by atoms with van der Waals surface area (Å²) < 4.78 is 135. The average Bonchev–Trinajstić information content (AvgIpc) is 3.32. The van der Waals surface area contributed by atoms with Gasteiger partial charge < -0.3 is 14.8 Å². The van der Waals surface area contributed by atoms with Crippen molar-refractivity contribution in [3.8, 4) is 11.5 Å². The molecule has 3 aromatic rings. The lowest BCUT2D eigenvalue weighted by molar-refractivity contribution is -0.274. The van der Waals surface area contributed by atoms with Crippen LogP contribution in [0.15, 0.2) is 72.0 Å². The first-order chi connectivity index (χ1) is 20.0. The molecule has 4 rings (SSSR count). The van der Waals surface area contributed by atoms with Gasteiger partial charge in [-0.3, -0.25) is 14.8 Å². The molecule has 1 N–H and O–H groups in total. The highest BCUT2D eigenvalue weighted by atomic mass is 19.4. The highest BCUT2D eigenvalue weighted by Crippen LogP contribution is 2.33. The summed E-state index contributed by atoms with van der Waals surface area (Å²) in [7, 11) is 0. The predicted octanol–water partition coefficient (Wildman–Crippen LogP) is 6.68. The van der Waals surface area contributed by atoms with Crippen molar-refractivity contribution in [1.29, 1.82) is 0 Å². The summed E-state index contributed by atoms with van der Waals surface area (Å²) in [5.74, 6) is -2.59. The summed E-state index contributed by atoms with van der Waals surface area (Å²) >= 11 is 0. The number of ether oxygens (including phenoxy) is 2. The molecule has 0 aliphatic carbocycles. The number of carbonyl (C=O) groups is 1. The number of hydrogen-bond acceptors (Lipinski definition) is 6. The van der Waals surface area contributed by atoms with Crippen LogP contribution in [0.25, 0.3) is 0 Å². The molecule has 1 aliphatic rings. The van der Waals surface area contributed by atoms with E-state index in [4.69, 9.17) is 0 Å². The molecule has 2 aromatic carbocycles. The zero-order valence-electron chi connectivity index (χ0n) is 21.3. The molecule has 0 fully saturated rings. The molecule has 1 atom stereocenters. The lowest BCUT2D eigenvalue weighted by Crippen LogP contribution is -2.33. The molecule has 1 aromatic heterocycles. The molecule has 1 aliphatic heterocycles. The largest absolute Gasteiger partial charge is 0.573 e. The van der Waals surface area contributed by atoms with Crippen LogP contribution in [0, 0.1) is 0 Å². The Morgan fingerprint density at radius 3 is 2.02 bits per heavy atom. The first kappa shape index (κ1) is 31.4. The number of halogens is 10. The number of anilines is 1. The van der Waals surface area contributed by atoms with E-state index in [1.54, 1.807) is 0 Å². The van der Waals surface area contributed by atoms with Crippen molar-refractivity contribution in [3.63, 3.8) is 0 Å². The molecule has 0 radical (unpaired) electrons. The first-order valence-electron chi connectivity index (χ1n) is 12.0. The van der Waals surface area contributed by atoms with Crippen molar-refractivity contribution in [2.24, 2.45) is 5.10 Å². The normalized spacial score (nSPS) is 15.8. The van der Waals surface area contributed by atoms with Crippen molar-refractivity contribution < 1.29 is 58.2 Å². The van der Waals surface area contributed by atoms with E-state index in [0.717, 1.165) is 48.5 Å². The fraction of sp³-hybridized carbons (Fsp3) is 0.269. The third-order valence-corrected chi connectivity index (χ3v) is 5.80. The smallest absolute Gasteiger partial charge is 0.428 e. The van der Waals surface area contributed by atoms with Gasteiger partial charge in [-0.1, -0.05) is 0 Å². The van der Waals surface area contributed by atoms with Gasteiger partial charge in [-0.05, 0) is 66.2 Å². The van der Waals surface area contributed by atoms with Gasteiger partial charge in [0.2, 0.25) is 5.91 Å². The number of hydrazone groups is 1.